The molecule has 2 heteroatoms. The number of rotatable bonds is 4. The SMILES string of the molecule is Cc1c(CC(=O)c2cc3ccccc3[nH]2)cccc1C(C)C. The van der Waals surface area contributed by atoms with Gasteiger partial charge in [0.15, 0.2) is 5.78 Å². The molecule has 0 aliphatic rings. The molecule has 112 valence electrons. The number of Topliss-reactive ketones (excluding diaryl/α,β-unsaturated/α-hetero) is 1. The number of H-pyrrole nitrogens is 1. The van der Waals surface area contributed by atoms with Crippen molar-refractivity contribution in [1.29, 1.82) is 0 Å². The third-order valence-electron chi connectivity index (χ3n) is 4.29. The number of ketones is 1. The zero-order chi connectivity index (χ0) is 15.7. The van der Waals surface area contributed by atoms with Crippen LogP contribution in [0.5, 0.6) is 0 Å². The topological polar surface area (TPSA) is 32.9 Å². The van der Waals surface area contributed by atoms with Crippen LogP contribution in [0.15, 0.2) is 48.5 Å². The van der Waals surface area contributed by atoms with E-state index in [1.165, 1.54) is 11.1 Å². The molecule has 0 bridgehead atoms. The number of hydrogen-bond acceptors (Lipinski definition) is 1. The maximum absolute atomic E-state index is 12.6. The second-order valence-corrected chi connectivity index (χ2v) is 6.16. The summed E-state index contributed by atoms with van der Waals surface area (Å²) < 4.78 is 0. The quantitative estimate of drug-likeness (QED) is 0.672. The van der Waals surface area contributed by atoms with Crippen molar-refractivity contribution < 1.29 is 4.79 Å². The van der Waals surface area contributed by atoms with E-state index in [1.807, 2.05) is 30.3 Å². The normalized spacial score (nSPS) is 11.3. The first-order valence-corrected chi connectivity index (χ1v) is 7.75. The maximum Gasteiger partial charge on any atom is 0.183 e. The summed E-state index contributed by atoms with van der Waals surface area (Å²) in [5, 5.41) is 1.08. The predicted molar refractivity (Wildman–Crippen MR) is 91.6 cm³/mol. The Bertz CT molecular complexity index is 794. The second kappa shape index (κ2) is 5.80. The first-order chi connectivity index (χ1) is 10.6. The van der Waals surface area contributed by atoms with Gasteiger partial charge in [-0.2, -0.15) is 0 Å². The highest BCUT2D eigenvalue weighted by molar-refractivity contribution is 6.00. The molecule has 0 aliphatic heterocycles. The molecule has 0 fully saturated rings. The standard InChI is InChI=1S/C20H21NO/c1-13(2)17-9-6-8-15(14(17)3)12-20(22)19-11-16-7-4-5-10-18(16)21-19/h4-11,13,21H,12H2,1-3H3. The van der Waals surface area contributed by atoms with Crippen molar-refractivity contribution in [3.8, 4) is 0 Å². The molecule has 22 heavy (non-hydrogen) atoms. The maximum atomic E-state index is 12.6. The van der Waals surface area contributed by atoms with Crippen molar-refractivity contribution in [3.05, 3.63) is 70.9 Å². The van der Waals surface area contributed by atoms with Gasteiger partial charge < -0.3 is 4.98 Å². The third-order valence-corrected chi connectivity index (χ3v) is 4.29. The number of aromatic amines is 1. The van der Waals surface area contributed by atoms with Crippen LogP contribution in [0.1, 0.15) is 46.9 Å². The minimum atomic E-state index is 0.139. The van der Waals surface area contributed by atoms with E-state index >= 15 is 0 Å². The van der Waals surface area contributed by atoms with Crippen LogP contribution < -0.4 is 0 Å². The molecule has 2 aromatic carbocycles. The summed E-state index contributed by atoms with van der Waals surface area (Å²) in [5.74, 6) is 0.614. The van der Waals surface area contributed by atoms with Crippen LogP contribution in [-0.2, 0) is 6.42 Å². The van der Waals surface area contributed by atoms with Gasteiger partial charge in [0, 0.05) is 17.3 Å². The lowest BCUT2D eigenvalue weighted by Crippen LogP contribution is -2.07. The summed E-state index contributed by atoms with van der Waals surface area (Å²) in [6.07, 6.45) is 0.444. The first-order valence-electron chi connectivity index (χ1n) is 7.75. The molecule has 1 heterocycles. The minimum absolute atomic E-state index is 0.139. The number of fused-ring (bicyclic) bond motifs is 1. The van der Waals surface area contributed by atoms with Crippen LogP contribution in [0.4, 0.5) is 0 Å². The van der Waals surface area contributed by atoms with Crippen LogP contribution in [0.2, 0.25) is 0 Å². The van der Waals surface area contributed by atoms with Crippen molar-refractivity contribution >= 4 is 16.7 Å². The van der Waals surface area contributed by atoms with Crippen molar-refractivity contribution in [2.45, 2.75) is 33.1 Å². The largest absolute Gasteiger partial charge is 0.352 e. The van der Waals surface area contributed by atoms with Gasteiger partial charge in [0.25, 0.3) is 0 Å². The lowest BCUT2D eigenvalue weighted by atomic mass is 9.92. The smallest absolute Gasteiger partial charge is 0.183 e. The van der Waals surface area contributed by atoms with E-state index in [1.54, 1.807) is 0 Å². The summed E-state index contributed by atoms with van der Waals surface area (Å²) in [5.41, 5.74) is 5.38. The van der Waals surface area contributed by atoms with E-state index in [-0.39, 0.29) is 5.78 Å². The molecule has 0 amide bonds. The van der Waals surface area contributed by atoms with E-state index in [0.29, 0.717) is 18.0 Å². The molecule has 0 saturated heterocycles. The third kappa shape index (κ3) is 2.69. The summed E-state index contributed by atoms with van der Waals surface area (Å²) >= 11 is 0. The lowest BCUT2D eigenvalue weighted by molar-refractivity contribution is 0.0989. The van der Waals surface area contributed by atoms with E-state index in [9.17, 15) is 4.79 Å². The fourth-order valence-electron chi connectivity index (χ4n) is 3.01. The molecule has 3 aromatic rings. The molecule has 0 aliphatic carbocycles. The fraction of sp³-hybridized carbons (Fsp3) is 0.250. The Balaban J connectivity index is 1.89. The van der Waals surface area contributed by atoms with E-state index in [4.69, 9.17) is 0 Å². The average Bonchev–Trinajstić information content (AvgIpc) is 2.93. The highest BCUT2D eigenvalue weighted by atomic mass is 16.1. The summed E-state index contributed by atoms with van der Waals surface area (Å²) in [6, 6.07) is 16.2. The molecule has 1 aromatic heterocycles. The van der Waals surface area contributed by atoms with Crippen LogP contribution in [-0.4, -0.2) is 10.8 Å². The summed E-state index contributed by atoms with van der Waals surface area (Å²) in [7, 11) is 0. The highest BCUT2D eigenvalue weighted by Crippen LogP contribution is 2.23. The molecule has 2 nitrogen and oxygen atoms in total. The number of para-hydroxylation sites is 1. The first kappa shape index (κ1) is 14.6. The molecule has 3 rings (SSSR count). The molecule has 0 saturated carbocycles. The number of carbonyl (C=O) groups is 1. The van der Waals surface area contributed by atoms with Gasteiger partial charge in [-0.3, -0.25) is 4.79 Å². The Kier molecular flexibility index (Phi) is 3.84. The molecular weight excluding hydrogens is 270 g/mol. The second-order valence-electron chi connectivity index (χ2n) is 6.16. The summed E-state index contributed by atoms with van der Waals surface area (Å²) in [4.78, 5) is 15.8. The molecular formula is C20H21NO. The van der Waals surface area contributed by atoms with Crippen molar-refractivity contribution in [3.63, 3.8) is 0 Å². The number of carbonyl (C=O) groups excluding carboxylic acids is 1. The van der Waals surface area contributed by atoms with Crippen LogP contribution in [0.25, 0.3) is 10.9 Å². The number of aromatic nitrogens is 1. The molecule has 0 radical (unpaired) electrons. The van der Waals surface area contributed by atoms with Crippen LogP contribution in [0.3, 0.4) is 0 Å². The predicted octanol–water partition coefficient (Wildman–Crippen LogP) is 5.03. The van der Waals surface area contributed by atoms with Gasteiger partial charge in [-0.05, 0) is 41.7 Å². The number of nitrogens with one attached hydrogen (secondary N) is 1. The Hall–Kier alpha value is -2.35. The zero-order valence-electron chi connectivity index (χ0n) is 13.3. The highest BCUT2D eigenvalue weighted by Gasteiger charge is 2.13. The van der Waals surface area contributed by atoms with Crippen LogP contribution in [0, 0.1) is 6.92 Å². The van der Waals surface area contributed by atoms with Crippen molar-refractivity contribution in [2.24, 2.45) is 0 Å². The molecule has 0 atom stereocenters. The van der Waals surface area contributed by atoms with E-state index < -0.39 is 0 Å². The minimum Gasteiger partial charge on any atom is -0.352 e. The summed E-state index contributed by atoms with van der Waals surface area (Å²) in [6.45, 7) is 6.49. The number of benzene rings is 2. The molecule has 1 N–H and O–H groups in total. The molecule has 0 spiro atoms. The van der Waals surface area contributed by atoms with Gasteiger partial charge in [0.1, 0.15) is 0 Å². The van der Waals surface area contributed by atoms with Gasteiger partial charge in [0.2, 0.25) is 0 Å². The zero-order valence-corrected chi connectivity index (χ0v) is 13.3. The Morgan fingerprint density at radius 1 is 1.09 bits per heavy atom. The van der Waals surface area contributed by atoms with E-state index in [2.05, 4.69) is 44.0 Å². The Labute approximate surface area is 131 Å². The van der Waals surface area contributed by atoms with Crippen molar-refractivity contribution in [2.75, 3.05) is 0 Å². The van der Waals surface area contributed by atoms with Crippen LogP contribution >= 0.6 is 0 Å². The van der Waals surface area contributed by atoms with Crippen molar-refractivity contribution in [1.82, 2.24) is 4.98 Å². The Morgan fingerprint density at radius 3 is 2.59 bits per heavy atom. The monoisotopic (exact) mass is 291 g/mol. The van der Waals surface area contributed by atoms with Gasteiger partial charge in [0.05, 0.1) is 5.69 Å². The Morgan fingerprint density at radius 2 is 1.86 bits per heavy atom. The van der Waals surface area contributed by atoms with Gasteiger partial charge in [-0.1, -0.05) is 50.2 Å². The van der Waals surface area contributed by atoms with Gasteiger partial charge in [-0.25, -0.2) is 0 Å². The lowest BCUT2D eigenvalue weighted by Gasteiger charge is -2.13. The molecule has 0 unspecified atom stereocenters. The fourth-order valence-corrected chi connectivity index (χ4v) is 3.01. The number of hydrogen-bond donors (Lipinski definition) is 1. The van der Waals surface area contributed by atoms with Gasteiger partial charge in [-0.15, -0.1) is 0 Å². The van der Waals surface area contributed by atoms with E-state index in [0.717, 1.165) is 16.5 Å². The van der Waals surface area contributed by atoms with Gasteiger partial charge >= 0.3 is 0 Å². The average molecular weight is 291 g/mol.